The highest BCUT2D eigenvalue weighted by Crippen LogP contribution is 2.21. The van der Waals surface area contributed by atoms with Gasteiger partial charge in [-0.2, -0.15) is 5.10 Å². The molecule has 0 aliphatic carbocycles. The first kappa shape index (κ1) is 11.8. The minimum atomic E-state index is -0.683. The monoisotopic (exact) mass is 235 g/mol. The highest BCUT2D eigenvalue weighted by Gasteiger charge is 2.25. The third-order valence-electron chi connectivity index (χ3n) is 3.24. The van der Waals surface area contributed by atoms with E-state index in [-0.39, 0.29) is 5.92 Å². The number of carboxylic acids is 1. The maximum atomic E-state index is 10.8. The summed E-state index contributed by atoms with van der Waals surface area (Å²) in [6.45, 7) is 3.54. The largest absolute Gasteiger partial charge is 0.481 e. The lowest BCUT2D eigenvalue weighted by Crippen LogP contribution is -2.36. The van der Waals surface area contributed by atoms with Crippen LogP contribution < -0.4 is 4.90 Å². The van der Waals surface area contributed by atoms with Gasteiger partial charge in [0.05, 0.1) is 11.6 Å². The maximum absolute atomic E-state index is 10.8. The van der Waals surface area contributed by atoms with Gasteiger partial charge in [0.1, 0.15) is 0 Å². The molecule has 1 aliphatic heterocycles. The van der Waals surface area contributed by atoms with Gasteiger partial charge in [-0.1, -0.05) is 6.92 Å². The van der Waals surface area contributed by atoms with Crippen LogP contribution in [0.3, 0.4) is 0 Å². The Morgan fingerprint density at radius 3 is 2.59 bits per heavy atom. The number of piperidine rings is 1. The lowest BCUT2D eigenvalue weighted by Gasteiger charge is -2.30. The fourth-order valence-corrected chi connectivity index (χ4v) is 2.07. The number of nitrogens with zero attached hydrogens (tertiary/aromatic N) is 3. The minimum Gasteiger partial charge on any atom is -0.481 e. The second-order valence-corrected chi connectivity index (χ2v) is 4.34. The van der Waals surface area contributed by atoms with E-state index in [2.05, 4.69) is 15.1 Å². The van der Waals surface area contributed by atoms with Crippen LogP contribution in [0, 0.1) is 5.92 Å². The molecule has 1 aromatic rings. The van der Waals surface area contributed by atoms with Crippen molar-refractivity contribution in [3.63, 3.8) is 0 Å². The molecule has 0 unspecified atom stereocenters. The van der Waals surface area contributed by atoms with Crippen molar-refractivity contribution in [2.75, 3.05) is 18.0 Å². The molecule has 1 fully saturated rings. The lowest BCUT2D eigenvalue weighted by molar-refractivity contribution is -0.142. The summed E-state index contributed by atoms with van der Waals surface area (Å²) < 4.78 is 0. The molecule has 1 aliphatic rings. The van der Waals surface area contributed by atoms with Crippen LogP contribution >= 0.6 is 0 Å². The summed E-state index contributed by atoms with van der Waals surface area (Å²) in [5, 5.41) is 17.2. The molecule has 2 rings (SSSR count). The number of hydrogen-bond acceptors (Lipinski definition) is 4. The van der Waals surface area contributed by atoms with E-state index in [9.17, 15) is 4.79 Å². The Morgan fingerprint density at radius 2 is 2.12 bits per heavy atom. The summed E-state index contributed by atoms with van der Waals surface area (Å²) in [5.74, 6) is -0.0303. The van der Waals surface area contributed by atoms with Crippen molar-refractivity contribution in [2.45, 2.75) is 26.2 Å². The molecule has 0 radical (unpaired) electrons. The average molecular weight is 235 g/mol. The predicted molar refractivity (Wildman–Crippen MR) is 64.0 cm³/mol. The summed E-state index contributed by atoms with van der Waals surface area (Å²) in [5.41, 5.74) is 0.981. The fourth-order valence-electron chi connectivity index (χ4n) is 2.07. The molecule has 5 heteroatoms. The van der Waals surface area contributed by atoms with Crippen molar-refractivity contribution < 1.29 is 9.90 Å². The van der Waals surface area contributed by atoms with Crippen LogP contribution in [0.25, 0.3) is 0 Å². The van der Waals surface area contributed by atoms with Crippen LogP contribution in [-0.2, 0) is 11.2 Å². The topological polar surface area (TPSA) is 66.3 Å². The van der Waals surface area contributed by atoms with Crippen molar-refractivity contribution in [3.05, 3.63) is 17.8 Å². The number of aromatic nitrogens is 2. The molecular weight excluding hydrogens is 218 g/mol. The third kappa shape index (κ3) is 2.72. The average Bonchev–Trinajstić information content (AvgIpc) is 2.39. The van der Waals surface area contributed by atoms with E-state index < -0.39 is 5.97 Å². The van der Waals surface area contributed by atoms with E-state index in [4.69, 9.17) is 5.11 Å². The molecule has 0 atom stereocenters. The Hall–Kier alpha value is -1.65. The number of aryl methyl sites for hydroxylation is 1. The third-order valence-corrected chi connectivity index (χ3v) is 3.24. The molecule has 92 valence electrons. The highest BCUT2D eigenvalue weighted by atomic mass is 16.4. The number of carboxylic acid groups (broad SMARTS) is 1. The summed E-state index contributed by atoms with van der Waals surface area (Å²) in [6.07, 6.45) is 2.26. The van der Waals surface area contributed by atoms with Gasteiger partial charge in [0.15, 0.2) is 5.82 Å². The number of anilines is 1. The van der Waals surface area contributed by atoms with E-state index in [1.54, 1.807) is 0 Å². The van der Waals surface area contributed by atoms with Gasteiger partial charge in [0.25, 0.3) is 0 Å². The molecule has 1 saturated heterocycles. The molecule has 0 amide bonds. The molecule has 0 aromatic carbocycles. The van der Waals surface area contributed by atoms with Crippen molar-refractivity contribution >= 4 is 11.8 Å². The smallest absolute Gasteiger partial charge is 0.306 e. The summed E-state index contributed by atoms with van der Waals surface area (Å²) >= 11 is 0. The lowest BCUT2D eigenvalue weighted by atomic mass is 9.97. The summed E-state index contributed by atoms with van der Waals surface area (Å²) in [4.78, 5) is 12.9. The quantitative estimate of drug-likeness (QED) is 0.856. The first-order chi connectivity index (χ1) is 8.20. The fraction of sp³-hybridized carbons (Fsp3) is 0.583. The Kier molecular flexibility index (Phi) is 3.56. The second kappa shape index (κ2) is 5.12. The Morgan fingerprint density at radius 1 is 1.41 bits per heavy atom. The van der Waals surface area contributed by atoms with Gasteiger partial charge in [0.2, 0.25) is 0 Å². The van der Waals surface area contributed by atoms with Crippen molar-refractivity contribution in [1.82, 2.24) is 10.2 Å². The van der Waals surface area contributed by atoms with E-state index in [0.29, 0.717) is 12.8 Å². The molecular formula is C12H17N3O2. The van der Waals surface area contributed by atoms with E-state index in [1.807, 2.05) is 19.1 Å². The normalized spacial score (nSPS) is 17.1. The zero-order valence-electron chi connectivity index (χ0n) is 9.96. The van der Waals surface area contributed by atoms with Gasteiger partial charge in [-0.05, 0) is 31.4 Å². The molecule has 0 bridgehead atoms. The Labute approximate surface area is 100 Å². The van der Waals surface area contributed by atoms with Crippen molar-refractivity contribution in [3.8, 4) is 0 Å². The SMILES string of the molecule is CCc1ccc(N2CCC(C(=O)O)CC2)nn1. The molecule has 1 N–H and O–H groups in total. The summed E-state index contributed by atoms with van der Waals surface area (Å²) in [6, 6.07) is 3.94. The Bertz CT molecular complexity index is 383. The number of carbonyl (C=O) groups is 1. The molecule has 1 aromatic heterocycles. The summed E-state index contributed by atoms with van der Waals surface area (Å²) in [7, 11) is 0. The van der Waals surface area contributed by atoms with Crippen LogP contribution in [0.2, 0.25) is 0 Å². The second-order valence-electron chi connectivity index (χ2n) is 4.34. The van der Waals surface area contributed by atoms with E-state index >= 15 is 0 Å². The first-order valence-corrected chi connectivity index (χ1v) is 6.01. The zero-order valence-corrected chi connectivity index (χ0v) is 9.96. The molecule has 0 spiro atoms. The number of rotatable bonds is 3. The van der Waals surface area contributed by atoms with Crippen LogP contribution in [-0.4, -0.2) is 34.4 Å². The molecule has 0 saturated carbocycles. The van der Waals surface area contributed by atoms with Crippen molar-refractivity contribution in [1.29, 1.82) is 0 Å². The van der Waals surface area contributed by atoms with E-state index in [0.717, 1.165) is 31.0 Å². The zero-order chi connectivity index (χ0) is 12.3. The minimum absolute atomic E-state index is 0.200. The molecule has 5 nitrogen and oxygen atoms in total. The maximum Gasteiger partial charge on any atom is 0.306 e. The van der Waals surface area contributed by atoms with Gasteiger partial charge in [-0.3, -0.25) is 4.79 Å². The van der Waals surface area contributed by atoms with Gasteiger partial charge >= 0.3 is 5.97 Å². The molecule has 2 heterocycles. The van der Waals surface area contributed by atoms with Crippen LogP contribution in [0.15, 0.2) is 12.1 Å². The number of aliphatic carboxylic acids is 1. The van der Waals surface area contributed by atoms with Gasteiger partial charge in [-0.15, -0.1) is 5.10 Å². The standard InChI is InChI=1S/C12H17N3O2/c1-2-10-3-4-11(14-13-10)15-7-5-9(6-8-15)12(16)17/h3-4,9H,2,5-8H2,1H3,(H,16,17). The van der Waals surface area contributed by atoms with Crippen LogP contribution in [0.1, 0.15) is 25.5 Å². The first-order valence-electron chi connectivity index (χ1n) is 6.01. The molecule has 17 heavy (non-hydrogen) atoms. The van der Waals surface area contributed by atoms with Crippen LogP contribution in [0.5, 0.6) is 0 Å². The van der Waals surface area contributed by atoms with Gasteiger partial charge in [-0.25, -0.2) is 0 Å². The Balaban J connectivity index is 1.97. The number of hydrogen-bond donors (Lipinski definition) is 1. The van der Waals surface area contributed by atoms with Gasteiger partial charge < -0.3 is 10.0 Å². The van der Waals surface area contributed by atoms with Crippen LogP contribution in [0.4, 0.5) is 5.82 Å². The van der Waals surface area contributed by atoms with E-state index in [1.165, 1.54) is 0 Å². The predicted octanol–water partition coefficient (Wildman–Crippen LogP) is 1.34. The highest BCUT2D eigenvalue weighted by molar-refractivity contribution is 5.70. The van der Waals surface area contributed by atoms with Gasteiger partial charge in [0, 0.05) is 13.1 Å². The van der Waals surface area contributed by atoms with Crippen molar-refractivity contribution in [2.24, 2.45) is 5.92 Å².